The first-order chi connectivity index (χ1) is 9.86. The molecule has 0 bridgehead atoms. The Labute approximate surface area is 123 Å². The molecule has 0 heterocycles. The summed E-state index contributed by atoms with van der Waals surface area (Å²) in [4.78, 5) is 10.3. The van der Waals surface area contributed by atoms with Gasteiger partial charge in [0.05, 0.1) is 5.56 Å². The van der Waals surface area contributed by atoms with Crippen molar-refractivity contribution in [2.24, 2.45) is 5.92 Å². The van der Waals surface area contributed by atoms with Crippen LogP contribution >= 0.6 is 0 Å². The van der Waals surface area contributed by atoms with Crippen LogP contribution in [0.15, 0.2) is 23.1 Å². The molecule has 1 saturated carbocycles. The summed E-state index contributed by atoms with van der Waals surface area (Å²) in [6.45, 7) is 2.59. The highest BCUT2D eigenvalue weighted by Crippen LogP contribution is 2.32. The lowest BCUT2D eigenvalue weighted by atomic mass is 10.2. The number of carbonyl (C=O) groups is 1. The first-order valence-electron chi connectivity index (χ1n) is 6.89. The number of hydrogen-bond acceptors (Lipinski definition) is 3. The Balaban J connectivity index is 2.34. The van der Waals surface area contributed by atoms with Gasteiger partial charge in [-0.1, -0.05) is 6.92 Å². The van der Waals surface area contributed by atoms with Gasteiger partial charge in [-0.3, -0.25) is 0 Å². The van der Waals surface area contributed by atoms with Crippen molar-refractivity contribution in [3.63, 3.8) is 0 Å². The zero-order valence-electron chi connectivity index (χ0n) is 11.8. The molecule has 5 nitrogen and oxygen atoms in total. The average molecular weight is 315 g/mol. The number of nitrogens with zero attached hydrogens (tertiary/aromatic N) is 1. The van der Waals surface area contributed by atoms with Crippen molar-refractivity contribution < 1.29 is 22.7 Å². The van der Waals surface area contributed by atoms with E-state index in [1.807, 2.05) is 6.92 Å². The molecule has 0 radical (unpaired) electrons. The number of rotatable bonds is 7. The first kappa shape index (κ1) is 15.9. The smallest absolute Gasteiger partial charge is 0.335 e. The number of sulfonamides is 1. The molecule has 0 spiro atoms. The molecule has 1 fully saturated rings. The van der Waals surface area contributed by atoms with E-state index in [4.69, 9.17) is 5.11 Å². The van der Waals surface area contributed by atoms with Crippen LogP contribution in [0.25, 0.3) is 0 Å². The van der Waals surface area contributed by atoms with E-state index in [9.17, 15) is 17.6 Å². The largest absolute Gasteiger partial charge is 0.478 e. The molecule has 21 heavy (non-hydrogen) atoms. The molecule has 0 atom stereocenters. The fourth-order valence-corrected chi connectivity index (χ4v) is 3.78. The minimum Gasteiger partial charge on any atom is -0.478 e. The zero-order valence-corrected chi connectivity index (χ0v) is 12.6. The van der Waals surface area contributed by atoms with E-state index in [1.54, 1.807) is 0 Å². The number of aromatic carboxylic acids is 1. The van der Waals surface area contributed by atoms with Gasteiger partial charge in [0, 0.05) is 13.1 Å². The summed E-state index contributed by atoms with van der Waals surface area (Å²) in [6, 6.07) is 2.89. The third-order valence-corrected chi connectivity index (χ3v) is 5.33. The molecular weight excluding hydrogens is 297 g/mol. The van der Waals surface area contributed by atoms with Gasteiger partial charge in [0.2, 0.25) is 10.0 Å². The van der Waals surface area contributed by atoms with Crippen molar-refractivity contribution in [2.45, 2.75) is 31.1 Å². The molecule has 1 aromatic rings. The second-order valence-corrected chi connectivity index (χ2v) is 7.16. The molecule has 0 unspecified atom stereocenters. The van der Waals surface area contributed by atoms with Gasteiger partial charge in [-0.15, -0.1) is 0 Å². The van der Waals surface area contributed by atoms with Crippen LogP contribution in [0.4, 0.5) is 4.39 Å². The van der Waals surface area contributed by atoms with Crippen molar-refractivity contribution in [1.29, 1.82) is 0 Å². The van der Waals surface area contributed by atoms with Crippen LogP contribution in [-0.4, -0.2) is 36.9 Å². The lowest BCUT2D eigenvalue weighted by Crippen LogP contribution is -2.34. The van der Waals surface area contributed by atoms with Crippen molar-refractivity contribution in [2.75, 3.05) is 13.1 Å². The number of carboxylic acids is 1. The van der Waals surface area contributed by atoms with Crippen molar-refractivity contribution in [3.8, 4) is 0 Å². The molecule has 1 aliphatic carbocycles. The van der Waals surface area contributed by atoms with Crippen LogP contribution in [0.3, 0.4) is 0 Å². The predicted octanol–water partition coefficient (Wildman–Crippen LogP) is 2.33. The lowest BCUT2D eigenvalue weighted by molar-refractivity contribution is 0.0696. The van der Waals surface area contributed by atoms with Gasteiger partial charge < -0.3 is 5.11 Å². The average Bonchev–Trinajstić information content (AvgIpc) is 3.21. The maximum atomic E-state index is 14.0. The van der Waals surface area contributed by atoms with E-state index in [0.29, 0.717) is 25.4 Å². The molecule has 2 rings (SSSR count). The van der Waals surface area contributed by atoms with Crippen LogP contribution in [0.2, 0.25) is 0 Å². The summed E-state index contributed by atoms with van der Waals surface area (Å²) >= 11 is 0. The Morgan fingerprint density at radius 3 is 2.57 bits per heavy atom. The highest BCUT2D eigenvalue weighted by molar-refractivity contribution is 7.89. The van der Waals surface area contributed by atoms with Crippen molar-refractivity contribution in [3.05, 3.63) is 29.6 Å². The second kappa shape index (κ2) is 6.11. The summed E-state index contributed by atoms with van der Waals surface area (Å²) in [5.74, 6) is -1.96. The fourth-order valence-electron chi connectivity index (χ4n) is 2.13. The van der Waals surface area contributed by atoms with E-state index in [-0.39, 0.29) is 5.56 Å². The van der Waals surface area contributed by atoms with Gasteiger partial charge in [-0.2, -0.15) is 4.31 Å². The minimum atomic E-state index is -3.93. The van der Waals surface area contributed by atoms with Gasteiger partial charge in [0.1, 0.15) is 10.7 Å². The van der Waals surface area contributed by atoms with Gasteiger partial charge in [-0.25, -0.2) is 17.6 Å². The van der Waals surface area contributed by atoms with Crippen LogP contribution in [0.1, 0.15) is 36.5 Å². The normalized spacial score (nSPS) is 15.4. The van der Waals surface area contributed by atoms with Gasteiger partial charge in [0.25, 0.3) is 0 Å². The molecular formula is C14H18FNO4S. The molecule has 1 N–H and O–H groups in total. The number of halogens is 1. The van der Waals surface area contributed by atoms with Crippen LogP contribution in [0.5, 0.6) is 0 Å². The van der Waals surface area contributed by atoms with Gasteiger partial charge >= 0.3 is 5.97 Å². The Bertz CT molecular complexity index is 640. The Morgan fingerprint density at radius 2 is 2.10 bits per heavy atom. The highest BCUT2D eigenvalue weighted by Gasteiger charge is 2.32. The molecule has 116 valence electrons. The van der Waals surface area contributed by atoms with Crippen LogP contribution < -0.4 is 0 Å². The molecule has 1 aliphatic rings. The second-order valence-electron chi connectivity index (χ2n) is 5.26. The maximum Gasteiger partial charge on any atom is 0.335 e. The third-order valence-electron chi connectivity index (χ3n) is 3.43. The van der Waals surface area contributed by atoms with Gasteiger partial charge in [0.15, 0.2) is 0 Å². The fraction of sp³-hybridized carbons (Fsp3) is 0.500. The third kappa shape index (κ3) is 3.59. The molecule has 0 saturated heterocycles. The SMILES string of the molecule is CCCN(CC1CC1)S(=O)(=O)c1ccc(C(=O)O)cc1F. The van der Waals surface area contributed by atoms with E-state index in [0.717, 1.165) is 31.0 Å². The minimum absolute atomic E-state index is 0.268. The standard InChI is InChI=1S/C14H18FNO4S/c1-2-7-16(9-10-3-4-10)21(19,20)13-6-5-11(14(17)18)8-12(13)15/h5-6,8,10H,2-4,7,9H2,1H3,(H,17,18). The van der Waals surface area contributed by atoms with E-state index < -0.39 is 26.7 Å². The number of benzene rings is 1. The van der Waals surface area contributed by atoms with Crippen molar-refractivity contribution in [1.82, 2.24) is 4.31 Å². The van der Waals surface area contributed by atoms with Crippen LogP contribution in [-0.2, 0) is 10.0 Å². The lowest BCUT2D eigenvalue weighted by Gasteiger charge is -2.21. The number of hydrogen-bond donors (Lipinski definition) is 1. The molecule has 0 amide bonds. The first-order valence-corrected chi connectivity index (χ1v) is 8.33. The maximum absolute atomic E-state index is 14.0. The van der Waals surface area contributed by atoms with Crippen LogP contribution in [0, 0.1) is 11.7 Å². The van der Waals surface area contributed by atoms with E-state index in [2.05, 4.69) is 0 Å². The summed E-state index contributed by atoms with van der Waals surface area (Å²) < 4.78 is 40.3. The van der Waals surface area contributed by atoms with E-state index >= 15 is 0 Å². The summed E-state index contributed by atoms with van der Waals surface area (Å²) in [5, 5.41) is 8.80. The Hall–Kier alpha value is -1.47. The zero-order chi connectivity index (χ0) is 15.6. The molecule has 1 aromatic carbocycles. The molecule has 7 heteroatoms. The molecule has 0 aliphatic heterocycles. The summed E-state index contributed by atoms with van der Waals surface area (Å²) in [5.41, 5.74) is -0.268. The predicted molar refractivity (Wildman–Crippen MR) is 75.1 cm³/mol. The topological polar surface area (TPSA) is 74.7 Å². The summed E-state index contributed by atoms with van der Waals surface area (Å²) in [7, 11) is -3.93. The van der Waals surface area contributed by atoms with Gasteiger partial charge in [-0.05, 0) is 43.4 Å². The summed E-state index contributed by atoms with van der Waals surface area (Å²) in [6.07, 6.45) is 2.63. The monoisotopic (exact) mass is 315 g/mol. The highest BCUT2D eigenvalue weighted by atomic mass is 32.2. The van der Waals surface area contributed by atoms with Crippen molar-refractivity contribution >= 4 is 16.0 Å². The Morgan fingerprint density at radius 1 is 1.43 bits per heavy atom. The molecule has 0 aromatic heterocycles. The Kier molecular flexibility index (Phi) is 4.63. The number of carboxylic acid groups (broad SMARTS) is 1. The quantitative estimate of drug-likeness (QED) is 0.838. The van der Waals surface area contributed by atoms with E-state index in [1.165, 1.54) is 4.31 Å².